The van der Waals surface area contributed by atoms with Crippen LogP contribution < -0.4 is 34.2 Å². The highest BCUT2D eigenvalue weighted by Gasteiger charge is 2.46. The molecular formula is C51H46F2N6O8S. The summed E-state index contributed by atoms with van der Waals surface area (Å²) in [6, 6.07) is 32.3. The molecule has 0 saturated heterocycles. The van der Waals surface area contributed by atoms with Crippen molar-refractivity contribution in [2.24, 2.45) is 5.73 Å². The Morgan fingerprint density at radius 3 is 1.57 bits per heavy atom. The molecule has 6 aromatic carbocycles. The van der Waals surface area contributed by atoms with Gasteiger partial charge in [-0.2, -0.15) is 14.5 Å². The summed E-state index contributed by atoms with van der Waals surface area (Å²) in [5.41, 5.74) is 11.5. The van der Waals surface area contributed by atoms with E-state index in [1.54, 1.807) is 70.3 Å². The number of rotatable bonds is 15. The van der Waals surface area contributed by atoms with Crippen LogP contribution in [-0.4, -0.2) is 82.6 Å². The number of benzene rings is 6. The molecule has 2 aromatic heterocycles. The Kier molecular flexibility index (Phi) is 11.3. The lowest BCUT2D eigenvalue weighted by Gasteiger charge is -2.37. The van der Waals surface area contributed by atoms with Gasteiger partial charge in [0.15, 0.2) is 23.0 Å². The molecule has 1 saturated carbocycles. The molecule has 0 radical (unpaired) electrons. The molecule has 8 aromatic rings. The van der Waals surface area contributed by atoms with E-state index in [1.807, 2.05) is 55.5 Å². The van der Waals surface area contributed by atoms with E-state index >= 15 is 0 Å². The lowest BCUT2D eigenvalue weighted by atomic mass is 9.99. The lowest BCUT2D eigenvalue weighted by Crippen LogP contribution is -2.52. The maximum absolute atomic E-state index is 14.8. The maximum Gasteiger partial charge on any atom is 0.217 e. The summed E-state index contributed by atoms with van der Waals surface area (Å²) in [7, 11) is -3.97. The SMILES string of the molecule is C[C@@H]([C@@H](Oc1ccc2c(cnn2-c2ccc(F)cc2)c1)c1ccc2c(c1)OCCO2)N(C[C@H](N)[C@H](Oc1ccc2c(cnn2-c2ccc(F)cc2)c1)c1ccc2c(c1)OCCO2)S(=O)(=O)C1CC1. The summed E-state index contributed by atoms with van der Waals surface area (Å²) in [6.07, 6.45) is 2.64. The molecule has 0 unspecified atom stereocenters. The van der Waals surface area contributed by atoms with Crippen LogP contribution in [0.25, 0.3) is 33.2 Å². The Hall–Kier alpha value is -7.21. The van der Waals surface area contributed by atoms with E-state index in [0.717, 1.165) is 21.8 Å². The molecule has 4 atom stereocenters. The van der Waals surface area contributed by atoms with Gasteiger partial charge >= 0.3 is 0 Å². The first-order chi connectivity index (χ1) is 33.1. The summed E-state index contributed by atoms with van der Waals surface area (Å²) < 4.78 is 99.6. The second-order valence-electron chi connectivity index (χ2n) is 17.1. The minimum absolute atomic E-state index is 0.155. The van der Waals surface area contributed by atoms with E-state index in [-0.39, 0.29) is 18.2 Å². The molecule has 0 bridgehead atoms. The van der Waals surface area contributed by atoms with Gasteiger partial charge in [-0.05, 0) is 140 Å². The van der Waals surface area contributed by atoms with Gasteiger partial charge in [-0.3, -0.25) is 0 Å². The van der Waals surface area contributed by atoms with Crippen LogP contribution in [0.1, 0.15) is 43.1 Å². The first-order valence-electron chi connectivity index (χ1n) is 22.4. The smallest absolute Gasteiger partial charge is 0.217 e. The number of fused-ring (bicyclic) bond motifs is 4. The molecule has 14 nitrogen and oxygen atoms in total. The van der Waals surface area contributed by atoms with Crippen molar-refractivity contribution in [1.29, 1.82) is 0 Å². The number of nitrogens with two attached hydrogens (primary N) is 1. The molecule has 1 fully saturated rings. The van der Waals surface area contributed by atoms with E-state index in [2.05, 4.69) is 10.2 Å². The summed E-state index contributed by atoms with van der Waals surface area (Å²) in [5.74, 6) is 2.42. The van der Waals surface area contributed by atoms with Crippen molar-refractivity contribution in [3.8, 4) is 45.9 Å². The van der Waals surface area contributed by atoms with Gasteiger partial charge in [-0.15, -0.1) is 0 Å². The average Bonchev–Trinajstić information content (AvgIpc) is 4.03. The fourth-order valence-electron chi connectivity index (χ4n) is 8.87. The van der Waals surface area contributed by atoms with Crippen molar-refractivity contribution >= 4 is 31.8 Å². The van der Waals surface area contributed by atoms with E-state index in [1.165, 1.54) is 28.6 Å². The maximum atomic E-state index is 14.8. The topological polar surface area (TPSA) is 154 Å². The van der Waals surface area contributed by atoms with Crippen LogP contribution >= 0.6 is 0 Å². The van der Waals surface area contributed by atoms with Crippen LogP contribution in [0.2, 0.25) is 0 Å². The second kappa shape index (κ2) is 17.8. The van der Waals surface area contributed by atoms with Crippen molar-refractivity contribution in [1.82, 2.24) is 23.9 Å². The molecule has 348 valence electrons. The Balaban J connectivity index is 0.949. The van der Waals surface area contributed by atoms with Gasteiger partial charge in [0.1, 0.15) is 61.8 Å². The molecule has 2 aliphatic heterocycles. The third kappa shape index (κ3) is 8.52. The highest BCUT2D eigenvalue weighted by atomic mass is 32.2. The Morgan fingerprint density at radius 2 is 1.09 bits per heavy atom. The van der Waals surface area contributed by atoms with Gasteiger partial charge in [-0.25, -0.2) is 26.6 Å². The molecule has 0 amide bonds. The van der Waals surface area contributed by atoms with Crippen molar-refractivity contribution < 1.29 is 45.6 Å². The van der Waals surface area contributed by atoms with Gasteiger partial charge in [0.25, 0.3) is 0 Å². The quantitative estimate of drug-likeness (QED) is 0.105. The summed E-state index contributed by atoms with van der Waals surface area (Å²) in [5, 5.41) is 10.0. The monoisotopic (exact) mass is 940 g/mol. The third-order valence-corrected chi connectivity index (χ3v) is 14.9. The molecule has 4 heterocycles. The molecular weight excluding hydrogens is 895 g/mol. The Bertz CT molecular complexity index is 3250. The zero-order valence-corrected chi connectivity index (χ0v) is 37.6. The minimum Gasteiger partial charge on any atom is -0.486 e. The zero-order valence-electron chi connectivity index (χ0n) is 36.8. The molecule has 11 rings (SSSR count). The molecule has 1 aliphatic carbocycles. The predicted molar refractivity (Wildman–Crippen MR) is 250 cm³/mol. The number of halogens is 2. The fourth-order valence-corrected chi connectivity index (χ4v) is 10.9. The van der Waals surface area contributed by atoms with Gasteiger partial charge < -0.3 is 34.2 Å². The molecule has 3 aliphatic rings. The van der Waals surface area contributed by atoms with Crippen LogP contribution in [0.15, 0.2) is 134 Å². The Labute approximate surface area is 390 Å². The van der Waals surface area contributed by atoms with E-state index in [9.17, 15) is 17.2 Å². The summed E-state index contributed by atoms with van der Waals surface area (Å²) in [4.78, 5) is 0. The number of hydrogen-bond acceptors (Lipinski definition) is 11. The van der Waals surface area contributed by atoms with Gasteiger partial charge in [0.05, 0.1) is 52.1 Å². The standard InChI is InChI=1S/C51H46F2N6O8S/c1-31(50(32-2-18-46-48(26-32)64-22-20-62-46)66-40-12-16-44-34(24-40)28-55-58(44)38-8-4-36(52)5-9-38)57(68(60,61)42-14-15-42)30-43(54)51(33-3-19-47-49(27-33)65-23-21-63-47)67-41-13-17-45-35(25-41)29-56-59(45)39-10-6-37(53)7-11-39/h2-13,16-19,24-29,31,42-43,50-51H,14-15,20-23,30,54H2,1H3/t31-,43-,50+,51+/m0/s1. The molecule has 0 spiro atoms. The summed E-state index contributed by atoms with van der Waals surface area (Å²) >= 11 is 0. The predicted octanol–water partition coefficient (Wildman–Crippen LogP) is 8.64. The van der Waals surface area contributed by atoms with Gasteiger partial charge in [0, 0.05) is 17.3 Å². The molecule has 2 N–H and O–H groups in total. The van der Waals surface area contributed by atoms with Crippen LogP contribution in [0.4, 0.5) is 8.78 Å². The van der Waals surface area contributed by atoms with Crippen molar-refractivity contribution in [2.75, 3.05) is 33.0 Å². The summed E-state index contributed by atoms with van der Waals surface area (Å²) in [6.45, 7) is 3.19. The number of hydrogen-bond donors (Lipinski definition) is 1. The van der Waals surface area contributed by atoms with Crippen molar-refractivity contribution in [3.05, 3.63) is 156 Å². The minimum atomic E-state index is -3.97. The van der Waals surface area contributed by atoms with Crippen LogP contribution in [0, 0.1) is 11.6 Å². The van der Waals surface area contributed by atoms with E-state index < -0.39 is 39.6 Å². The van der Waals surface area contributed by atoms with E-state index in [4.69, 9.17) is 34.2 Å². The van der Waals surface area contributed by atoms with Crippen LogP contribution in [0.5, 0.6) is 34.5 Å². The van der Waals surface area contributed by atoms with Gasteiger partial charge in [0.2, 0.25) is 10.0 Å². The normalized spacial score (nSPS) is 16.4. The average molecular weight is 941 g/mol. The zero-order chi connectivity index (χ0) is 46.5. The highest BCUT2D eigenvalue weighted by Crippen LogP contribution is 2.41. The van der Waals surface area contributed by atoms with Crippen LogP contribution in [-0.2, 0) is 10.0 Å². The lowest BCUT2D eigenvalue weighted by molar-refractivity contribution is 0.100. The number of nitrogens with zero attached hydrogens (tertiary/aromatic N) is 5. The van der Waals surface area contributed by atoms with Crippen molar-refractivity contribution in [2.45, 2.75) is 49.3 Å². The highest BCUT2D eigenvalue weighted by molar-refractivity contribution is 7.90. The first-order valence-corrected chi connectivity index (χ1v) is 23.9. The molecule has 68 heavy (non-hydrogen) atoms. The third-order valence-electron chi connectivity index (χ3n) is 12.5. The molecule has 17 heteroatoms. The largest absolute Gasteiger partial charge is 0.486 e. The number of ether oxygens (including phenoxy) is 6. The van der Waals surface area contributed by atoms with Crippen molar-refractivity contribution in [3.63, 3.8) is 0 Å². The Morgan fingerprint density at radius 1 is 0.632 bits per heavy atom. The first kappa shape index (κ1) is 43.4. The van der Waals surface area contributed by atoms with Crippen LogP contribution in [0.3, 0.4) is 0 Å². The van der Waals surface area contributed by atoms with E-state index in [0.29, 0.717) is 96.3 Å². The second-order valence-corrected chi connectivity index (χ2v) is 19.3. The number of aromatic nitrogens is 4. The van der Waals surface area contributed by atoms with Gasteiger partial charge in [-0.1, -0.05) is 12.1 Å². The number of sulfonamides is 1. The fraction of sp³-hybridized carbons (Fsp3) is 0.255.